The van der Waals surface area contributed by atoms with Crippen LogP contribution in [0.25, 0.3) is 0 Å². The van der Waals surface area contributed by atoms with E-state index in [9.17, 15) is 14.4 Å². The number of carbonyl (C=O) groups is 3. The minimum atomic E-state index is -1.12. The van der Waals surface area contributed by atoms with Crippen LogP contribution >= 0.6 is 11.3 Å². The second kappa shape index (κ2) is 8.32. The standard InChI is InChI=1S/C12H17N3O5S/c1-19-10(16)5-7(12(18)20-2)15-11(17)8-6-21-9(14-8)3-4-13/h6-7H,3-5,13H2,1-2H3,(H,15,17). The van der Waals surface area contributed by atoms with E-state index in [-0.39, 0.29) is 12.1 Å². The van der Waals surface area contributed by atoms with Gasteiger partial charge in [-0.05, 0) is 6.54 Å². The minimum Gasteiger partial charge on any atom is -0.469 e. The van der Waals surface area contributed by atoms with Crippen molar-refractivity contribution in [1.29, 1.82) is 0 Å². The number of ether oxygens (including phenoxy) is 2. The summed E-state index contributed by atoms with van der Waals surface area (Å²) in [6.45, 7) is 0.432. The lowest BCUT2D eigenvalue weighted by atomic mass is 10.2. The van der Waals surface area contributed by atoms with Crippen molar-refractivity contribution in [2.75, 3.05) is 20.8 Å². The van der Waals surface area contributed by atoms with Crippen LogP contribution in [0.3, 0.4) is 0 Å². The number of amides is 1. The van der Waals surface area contributed by atoms with E-state index in [0.717, 1.165) is 5.01 Å². The molecule has 0 aliphatic heterocycles. The largest absolute Gasteiger partial charge is 0.469 e. The molecule has 9 heteroatoms. The number of rotatable bonds is 7. The molecular formula is C12H17N3O5S. The monoisotopic (exact) mass is 315 g/mol. The van der Waals surface area contributed by atoms with Crippen molar-refractivity contribution in [1.82, 2.24) is 10.3 Å². The van der Waals surface area contributed by atoms with Crippen molar-refractivity contribution in [3.63, 3.8) is 0 Å². The highest BCUT2D eigenvalue weighted by atomic mass is 32.1. The molecule has 1 rings (SSSR count). The van der Waals surface area contributed by atoms with Crippen molar-refractivity contribution in [3.8, 4) is 0 Å². The Balaban J connectivity index is 2.74. The third-order valence-electron chi connectivity index (χ3n) is 2.53. The van der Waals surface area contributed by atoms with Gasteiger partial charge in [0.05, 0.1) is 25.6 Å². The van der Waals surface area contributed by atoms with Crippen LogP contribution in [0.15, 0.2) is 5.38 Å². The Bertz CT molecular complexity index is 517. The molecule has 1 atom stereocenters. The van der Waals surface area contributed by atoms with E-state index in [1.165, 1.54) is 25.6 Å². The topological polar surface area (TPSA) is 121 Å². The van der Waals surface area contributed by atoms with Crippen molar-refractivity contribution < 1.29 is 23.9 Å². The fourth-order valence-corrected chi connectivity index (χ4v) is 2.27. The van der Waals surface area contributed by atoms with Crippen LogP contribution in [0.5, 0.6) is 0 Å². The molecule has 0 saturated carbocycles. The summed E-state index contributed by atoms with van der Waals surface area (Å²) in [5.41, 5.74) is 5.58. The molecule has 0 radical (unpaired) electrons. The van der Waals surface area contributed by atoms with Crippen molar-refractivity contribution in [3.05, 3.63) is 16.1 Å². The summed E-state index contributed by atoms with van der Waals surface area (Å²) in [6.07, 6.45) is 0.259. The molecule has 21 heavy (non-hydrogen) atoms. The molecule has 0 spiro atoms. The molecule has 0 saturated heterocycles. The van der Waals surface area contributed by atoms with E-state index in [0.29, 0.717) is 13.0 Å². The first-order valence-electron chi connectivity index (χ1n) is 6.11. The summed E-state index contributed by atoms with van der Waals surface area (Å²) in [5, 5.41) is 4.69. The van der Waals surface area contributed by atoms with Crippen LogP contribution in [0, 0.1) is 0 Å². The normalized spacial score (nSPS) is 11.6. The van der Waals surface area contributed by atoms with Crippen LogP contribution in [-0.4, -0.2) is 49.6 Å². The van der Waals surface area contributed by atoms with Gasteiger partial charge in [0, 0.05) is 11.8 Å². The molecular weight excluding hydrogens is 298 g/mol. The summed E-state index contributed by atoms with van der Waals surface area (Å²) in [7, 11) is 2.36. The maximum atomic E-state index is 12.0. The van der Waals surface area contributed by atoms with E-state index in [2.05, 4.69) is 19.8 Å². The van der Waals surface area contributed by atoms with E-state index in [1.54, 1.807) is 5.38 Å². The maximum Gasteiger partial charge on any atom is 0.328 e. The Morgan fingerprint density at radius 3 is 2.67 bits per heavy atom. The Morgan fingerprint density at radius 1 is 1.38 bits per heavy atom. The van der Waals surface area contributed by atoms with Gasteiger partial charge in [-0.3, -0.25) is 9.59 Å². The third-order valence-corrected chi connectivity index (χ3v) is 3.44. The van der Waals surface area contributed by atoms with Crippen LogP contribution in [0.4, 0.5) is 0 Å². The summed E-state index contributed by atoms with van der Waals surface area (Å²) < 4.78 is 9.02. The van der Waals surface area contributed by atoms with Gasteiger partial charge >= 0.3 is 11.9 Å². The number of nitrogens with two attached hydrogens (primary N) is 1. The Hall–Kier alpha value is -2.00. The Kier molecular flexibility index (Phi) is 6.76. The second-order valence-corrected chi connectivity index (χ2v) is 4.94. The highest BCUT2D eigenvalue weighted by Gasteiger charge is 2.26. The zero-order valence-electron chi connectivity index (χ0n) is 11.8. The maximum absolute atomic E-state index is 12.0. The molecule has 8 nitrogen and oxygen atoms in total. The van der Waals surface area contributed by atoms with Gasteiger partial charge < -0.3 is 20.5 Å². The summed E-state index contributed by atoms with van der Waals surface area (Å²) in [4.78, 5) is 38.9. The first-order valence-corrected chi connectivity index (χ1v) is 6.99. The summed E-state index contributed by atoms with van der Waals surface area (Å²) in [6, 6.07) is -1.12. The van der Waals surface area contributed by atoms with Crippen LogP contribution < -0.4 is 11.1 Å². The third kappa shape index (κ3) is 5.12. The minimum absolute atomic E-state index is 0.169. The van der Waals surface area contributed by atoms with Gasteiger partial charge in [0.15, 0.2) is 0 Å². The number of esters is 2. The fourth-order valence-electron chi connectivity index (χ4n) is 1.47. The average Bonchev–Trinajstić information content (AvgIpc) is 2.94. The molecule has 1 aromatic heterocycles. The lowest BCUT2D eigenvalue weighted by molar-refractivity contribution is -0.149. The first kappa shape index (κ1) is 17.1. The smallest absolute Gasteiger partial charge is 0.328 e. The lowest BCUT2D eigenvalue weighted by Crippen LogP contribution is -2.43. The van der Waals surface area contributed by atoms with Gasteiger partial charge in [0.2, 0.25) is 0 Å². The number of hydrogen-bond acceptors (Lipinski definition) is 8. The molecule has 1 amide bonds. The van der Waals surface area contributed by atoms with E-state index in [4.69, 9.17) is 5.73 Å². The number of hydrogen-bond donors (Lipinski definition) is 2. The number of thiazole rings is 1. The van der Waals surface area contributed by atoms with Crippen molar-refractivity contribution in [2.24, 2.45) is 5.73 Å². The van der Waals surface area contributed by atoms with E-state index >= 15 is 0 Å². The quantitative estimate of drug-likeness (QED) is 0.649. The number of nitrogens with one attached hydrogen (secondary N) is 1. The highest BCUT2D eigenvalue weighted by Crippen LogP contribution is 2.10. The molecule has 1 heterocycles. The van der Waals surface area contributed by atoms with E-state index in [1.807, 2.05) is 0 Å². The zero-order valence-corrected chi connectivity index (χ0v) is 12.6. The molecule has 0 aromatic carbocycles. The molecule has 0 aliphatic carbocycles. The number of aromatic nitrogens is 1. The SMILES string of the molecule is COC(=O)CC(NC(=O)c1csc(CCN)n1)C(=O)OC. The van der Waals surface area contributed by atoms with Gasteiger partial charge in [-0.15, -0.1) is 11.3 Å². The molecule has 0 aliphatic rings. The molecule has 3 N–H and O–H groups in total. The van der Waals surface area contributed by atoms with Gasteiger partial charge in [-0.2, -0.15) is 0 Å². The van der Waals surface area contributed by atoms with Gasteiger partial charge in [0.25, 0.3) is 5.91 Å². The summed E-state index contributed by atoms with van der Waals surface area (Å²) in [5.74, 6) is -1.92. The van der Waals surface area contributed by atoms with Crippen molar-refractivity contribution >= 4 is 29.2 Å². The van der Waals surface area contributed by atoms with Crippen LogP contribution in [0.2, 0.25) is 0 Å². The lowest BCUT2D eigenvalue weighted by Gasteiger charge is -2.14. The summed E-state index contributed by atoms with van der Waals surface area (Å²) >= 11 is 1.30. The Morgan fingerprint density at radius 2 is 2.10 bits per heavy atom. The van der Waals surface area contributed by atoms with Gasteiger partial charge in [0.1, 0.15) is 11.7 Å². The zero-order chi connectivity index (χ0) is 15.8. The van der Waals surface area contributed by atoms with Crippen molar-refractivity contribution in [2.45, 2.75) is 18.9 Å². The predicted octanol–water partition coefficient (Wildman–Crippen LogP) is -0.521. The predicted molar refractivity (Wildman–Crippen MR) is 74.8 cm³/mol. The second-order valence-electron chi connectivity index (χ2n) is 3.99. The Labute approximate surface area is 125 Å². The van der Waals surface area contributed by atoms with Crippen LogP contribution in [0.1, 0.15) is 21.9 Å². The fraction of sp³-hybridized carbons (Fsp3) is 0.500. The molecule has 1 aromatic rings. The molecule has 116 valence electrons. The number of nitrogens with zero attached hydrogens (tertiary/aromatic N) is 1. The average molecular weight is 315 g/mol. The molecule has 0 bridgehead atoms. The van der Waals surface area contributed by atoms with Gasteiger partial charge in [-0.1, -0.05) is 0 Å². The number of methoxy groups -OCH3 is 2. The number of carbonyl (C=O) groups excluding carboxylic acids is 3. The molecule has 1 unspecified atom stereocenters. The van der Waals surface area contributed by atoms with Gasteiger partial charge in [-0.25, -0.2) is 9.78 Å². The van der Waals surface area contributed by atoms with E-state index < -0.39 is 23.9 Å². The highest BCUT2D eigenvalue weighted by molar-refractivity contribution is 7.09. The molecule has 0 fully saturated rings. The first-order chi connectivity index (χ1) is 10.0. The van der Waals surface area contributed by atoms with Crippen LogP contribution in [-0.2, 0) is 25.5 Å².